The minimum atomic E-state index is -0.0288. The van der Waals surface area contributed by atoms with E-state index >= 15 is 0 Å². The average Bonchev–Trinajstić information content (AvgIpc) is 2.84. The molecule has 0 fully saturated rings. The lowest BCUT2D eigenvalue weighted by Crippen LogP contribution is -2.22. The van der Waals surface area contributed by atoms with Gasteiger partial charge in [0.15, 0.2) is 4.77 Å². The summed E-state index contributed by atoms with van der Waals surface area (Å²) < 4.78 is 2.07. The first-order chi connectivity index (χ1) is 8.75. The molecule has 2 heterocycles. The lowest BCUT2D eigenvalue weighted by molar-refractivity contribution is 0.735. The molecule has 0 atom stereocenters. The average molecular weight is 274 g/mol. The zero-order chi connectivity index (χ0) is 12.5. The predicted molar refractivity (Wildman–Crippen MR) is 76.8 cm³/mol. The monoisotopic (exact) mass is 274 g/mol. The molecule has 0 aliphatic rings. The van der Waals surface area contributed by atoms with Crippen LogP contribution in [0.25, 0.3) is 10.2 Å². The Labute approximate surface area is 112 Å². The lowest BCUT2D eigenvalue weighted by Gasteiger charge is -2.06. The Bertz CT molecular complexity index is 799. The van der Waals surface area contributed by atoms with E-state index in [0.29, 0.717) is 16.7 Å². The van der Waals surface area contributed by atoms with Crippen molar-refractivity contribution in [3.05, 3.63) is 62.5 Å². The first-order valence-corrected chi connectivity index (χ1v) is 6.79. The molecular formula is C13H10N2OS2. The third-order valence-electron chi connectivity index (χ3n) is 2.79. The predicted octanol–water partition coefficient (Wildman–Crippen LogP) is 3.17. The number of aromatic nitrogens is 2. The zero-order valence-corrected chi connectivity index (χ0v) is 11.1. The fourth-order valence-electron chi connectivity index (χ4n) is 1.89. The van der Waals surface area contributed by atoms with Crippen LogP contribution in [0.4, 0.5) is 0 Å². The molecule has 1 aromatic carbocycles. The Hall–Kier alpha value is -1.72. The van der Waals surface area contributed by atoms with E-state index in [1.54, 1.807) is 4.57 Å². The van der Waals surface area contributed by atoms with Crippen molar-refractivity contribution in [2.45, 2.75) is 6.54 Å². The minimum Gasteiger partial charge on any atom is -0.323 e. The fraction of sp³-hybridized carbons (Fsp3) is 0.0769. The molecule has 3 aromatic rings. The van der Waals surface area contributed by atoms with Crippen LogP contribution in [0.2, 0.25) is 0 Å². The van der Waals surface area contributed by atoms with Gasteiger partial charge in [0.2, 0.25) is 0 Å². The van der Waals surface area contributed by atoms with Gasteiger partial charge < -0.3 is 4.98 Å². The molecule has 0 spiro atoms. The summed E-state index contributed by atoms with van der Waals surface area (Å²) in [6.07, 6.45) is 0. The van der Waals surface area contributed by atoms with Gasteiger partial charge in [-0.25, -0.2) is 0 Å². The van der Waals surface area contributed by atoms with E-state index in [9.17, 15) is 4.79 Å². The molecule has 5 heteroatoms. The van der Waals surface area contributed by atoms with Gasteiger partial charge in [-0.15, -0.1) is 11.3 Å². The number of hydrogen-bond donors (Lipinski definition) is 1. The molecule has 0 aliphatic heterocycles. The number of nitrogens with one attached hydrogen (secondary N) is 1. The van der Waals surface area contributed by atoms with Crippen molar-refractivity contribution in [3.8, 4) is 0 Å². The second kappa shape index (κ2) is 4.51. The molecule has 0 unspecified atom stereocenters. The highest BCUT2D eigenvalue weighted by Gasteiger charge is 2.06. The second-order valence-corrected chi connectivity index (χ2v) is 5.27. The van der Waals surface area contributed by atoms with Crippen molar-refractivity contribution in [1.29, 1.82) is 0 Å². The SMILES string of the molecule is O=c1c2ccsc2[nH]c(=S)n1Cc1ccccc1. The highest BCUT2D eigenvalue weighted by atomic mass is 32.1. The van der Waals surface area contributed by atoms with Crippen LogP contribution in [-0.2, 0) is 6.54 Å². The van der Waals surface area contributed by atoms with E-state index in [2.05, 4.69) is 4.98 Å². The number of nitrogens with zero attached hydrogens (tertiary/aromatic N) is 1. The van der Waals surface area contributed by atoms with Crippen molar-refractivity contribution in [2.75, 3.05) is 0 Å². The fourth-order valence-corrected chi connectivity index (χ4v) is 2.98. The molecule has 3 nitrogen and oxygen atoms in total. The standard InChI is InChI=1S/C13H10N2OS2/c16-12-10-6-7-18-11(10)14-13(17)15(12)8-9-4-2-1-3-5-9/h1-7H,8H2,(H,14,17). The lowest BCUT2D eigenvalue weighted by atomic mass is 10.2. The van der Waals surface area contributed by atoms with Crippen LogP contribution in [0.1, 0.15) is 5.56 Å². The van der Waals surface area contributed by atoms with E-state index in [0.717, 1.165) is 10.4 Å². The maximum atomic E-state index is 12.3. The van der Waals surface area contributed by atoms with Crippen molar-refractivity contribution < 1.29 is 0 Å². The normalized spacial score (nSPS) is 10.9. The third kappa shape index (κ3) is 1.91. The van der Waals surface area contributed by atoms with Gasteiger partial charge in [-0.3, -0.25) is 9.36 Å². The van der Waals surface area contributed by atoms with E-state index < -0.39 is 0 Å². The maximum absolute atomic E-state index is 12.3. The van der Waals surface area contributed by atoms with Gasteiger partial charge in [0.1, 0.15) is 4.83 Å². The summed E-state index contributed by atoms with van der Waals surface area (Å²) in [5.41, 5.74) is 1.03. The number of hydrogen-bond acceptors (Lipinski definition) is 3. The van der Waals surface area contributed by atoms with Crippen LogP contribution in [0.5, 0.6) is 0 Å². The summed E-state index contributed by atoms with van der Waals surface area (Å²) in [7, 11) is 0. The number of aromatic amines is 1. The summed E-state index contributed by atoms with van der Waals surface area (Å²) in [4.78, 5) is 16.2. The Kier molecular flexibility index (Phi) is 2.85. The van der Waals surface area contributed by atoms with E-state index in [1.807, 2.05) is 41.8 Å². The van der Waals surface area contributed by atoms with Gasteiger partial charge >= 0.3 is 0 Å². The van der Waals surface area contributed by atoms with Crippen molar-refractivity contribution in [1.82, 2.24) is 9.55 Å². The van der Waals surface area contributed by atoms with Crippen LogP contribution in [-0.4, -0.2) is 9.55 Å². The molecule has 0 amide bonds. The molecule has 1 N–H and O–H groups in total. The van der Waals surface area contributed by atoms with Gasteiger partial charge in [0.25, 0.3) is 5.56 Å². The van der Waals surface area contributed by atoms with Gasteiger partial charge in [0, 0.05) is 0 Å². The largest absolute Gasteiger partial charge is 0.323 e. The third-order valence-corrected chi connectivity index (χ3v) is 3.94. The Morgan fingerprint density at radius 3 is 2.78 bits per heavy atom. The number of rotatable bonds is 2. The van der Waals surface area contributed by atoms with Gasteiger partial charge in [0.05, 0.1) is 11.9 Å². The van der Waals surface area contributed by atoms with E-state index in [1.165, 1.54) is 11.3 Å². The number of fused-ring (bicyclic) bond motifs is 1. The summed E-state index contributed by atoms with van der Waals surface area (Å²) in [5.74, 6) is 0. The molecule has 18 heavy (non-hydrogen) atoms. The van der Waals surface area contributed by atoms with Crippen LogP contribution in [0.3, 0.4) is 0 Å². The van der Waals surface area contributed by atoms with Gasteiger partial charge in [-0.2, -0.15) is 0 Å². The Morgan fingerprint density at radius 2 is 2.00 bits per heavy atom. The minimum absolute atomic E-state index is 0.0288. The van der Waals surface area contributed by atoms with Crippen molar-refractivity contribution >= 4 is 33.8 Å². The molecular weight excluding hydrogens is 264 g/mol. The molecule has 3 rings (SSSR count). The van der Waals surface area contributed by atoms with E-state index in [-0.39, 0.29) is 5.56 Å². The van der Waals surface area contributed by atoms with Crippen molar-refractivity contribution in [3.63, 3.8) is 0 Å². The number of thiophene rings is 1. The maximum Gasteiger partial charge on any atom is 0.263 e. The summed E-state index contributed by atoms with van der Waals surface area (Å²) in [6, 6.07) is 11.7. The van der Waals surface area contributed by atoms with Crippen LogP contribution < -0.4 is 5.56 Å². The Balaban J connectivity index is 2.18. The van der Waals surface area contributed by atoms with Gasteiger partial charge in [-0.1, -0.05) is 30.3 Å². The van der Waals surface area contributed by atoms with Crippen LogP contribution >= 0.6 is 23.6 Å². The van der Waals surface area contributed by atoms with Crippen molar-refractivity contribution in [2.24, 2.45) is 0 Å². The molecule has 0 radical (unpaired) electrons. The highest BCUT2D eigenvalue weighted by molar-refractivity contribution is 7.71. The molecule has 0 aliphatic carbocycles. The molecule has 2 aromatic heterocycles. The molecule has 90 valence electrons. The van der Waals surface area contributed by atoms with Gasteiger partial charge in [-0.05, 0) is 29.2 Å². The Morgan fingerprint density at radius 1 is 1.22 bits per heavy atom. The highest BCUT2D eigenvalue weighted by Crippen LogP contribution is 2.14. The number of benzene rings is 1. The summed E-state index contributed by atoms with van der Waals surface area (Å²) in [5, 5.41) is 2.59. The first-order valence-electron chi connectivity index (χ1n) is 5.50. The second-order valence-electron chi connectivity index (χ2n) is 3.97. The molecule has 0 saturated carbocycles. The smallest absolute Gasteiger partial charge is 0.263 e. The molecule has 0 saturated heterocycles. The summed E-state index contributed by atoms with van der Waals surface area (Å²) >= 11 is 6.74. The quantitative estimate of drug-likeness (QED) is 0.729. The van der Waals surface area contributed by atoms with E-state index in [4.69, 9.17) is 12.2 Å². The van der Waals surface area contributed by atoms with Crippen LogP contribution in [0.15, 0.2) is 46.6 Å². The topological polar surface area (TPSA) is 37.8 Å². The number of H-pyrrole nitrogens is 1. The zero-order valence-electron chi connectivity index (χ0n) is 9.42. The first kappa shape index (κ1) is 11.4. The summed E-state index contributed by atoms with van der Waals surface area (Å²) in [6.45, 7) is 0.501. The van der Waals surface area contributed by atoms with Crippen LogP contribution in [0, 0.1) is 4.77 Å². The molecule has 0 bridgehead atoms.